The number of benzene rings is 1. The van der Waals surface area contributed by atoms with E-state index in [1.54, 1.807) is 0 Å². The average Bonchev–Trinajstić information content (AvgIpc) is 3.57. The number of carbonyl (C=O) groups excluding carboxylic acids is 1. The molecule has 41 heavy (non-hydrogen) atoms. The highest BCUT2D eigenvalue weighted by Crippen LogP contribution is 2.77. The molecular weight excluding hydrogens is 502 g/mol. The average molecular weight is 558 g/mol. The first kappa shape index (κ1) is 28.2. The molecule has 0 bridgehead atoms. The molecule has 0 saturated heterocycles. The van der Waals surface area contributed by atoms with Crippen LogP contribution in [0.5, 0.6) is 0 Å². The smallest absolute Gasteiger partial charge is 0.337 e. The first-order valence-electron chi connectivity index (χ1n) is 16.9. The highest BCUT2D eigenvalue weighted by atomic mass is 16.5. The van der Waals surface area contributed by atoms with Crippen LogP contribution < -0.4 is 5.73 Å². The highest BCUT2D eigenvalue weighted by Gasteiger charge is 2.71. The van der Waals surface area contributed by atoms with Crippen molar-refractivity contribution in [2.75, 3.05) is 7.11 Å². The van der Waals surface area contributed by atoms with Crippen molar-refractivity contribution >= 4 is 11.5 Å². The van der Waals surface area contributed by atoms with Crippen LogP contribution in [-0.4, -0.2) is 18.6 Å². The molecule has 3 nitrogen and oxygen atoms in total. The topological polar surface area (TPSA) is 52.3 Å². The third-order valence-electron chi connectivity index (χ3n) is 15.6. The lowest BCUT2D eigenvalue weighted by atomic mass is 9.33. The number of allylic oxidation sites excluding steroid dienone is 2. The van der Waals surface area contributed by atoms with Crippen molar-refractivity contribution in [3.8, 4) is 0 Å². The highest BCUT2D eigenvalue weighted by molar-refractivity contribution is 5.89. The lowest BCUT2D eigenvalue weighted by Crippen LogP contribution is -2.67. The molecule has 2 N–H and O–H groups in total. The van der Waals surface area contributed by atoms with E-state index < -0.39 is 0 Å². The Bertz CT molecular complexity index is 1270. The zero-order valence-corrected chi connectivity index (χ0v) is 26.9. The minimum absolute atomic E-state index is 0.0922. The van der Waals surface area contributed by atoms with Gasteiger partial charge in [-0.1, -0.05) is 59.8 Å². The maximum absolute atomic E-state index is 12.1. The summed E-state index contributed by atoms with van der Waals surface area (Å²) in [5, 5.41) is 0. The summed E-state index contributed by atoms with van der Waals surface area (Å²) >= 11 is 0. The van der Waals surface area contributed by atoms with Crippen molar-refractivity contribution in [3.05, 3.63) is 41.5 Å². The Morgan fingerprint density at radius 1 is 0.780 bits per heavy atom. The third-order valence-corrected chi connectivity index (χ3v) is 15.6. The molecule has 7 rings (SSSR count). The van der Waals surface area contributed by atoms with Gasteiger partial charge in [0, 0.05) is 5.54 Å². The normalized spacial score (nSPS) is 47.2. The molecule has 5 saturated carbocycles. The molecule has 3 heteroatoms. The van der Waals surface area contributed by atoms with Gasteiger partial charge < -0.3 is 10.5 Å². The lowest BCUT2D eigenvalue weighted by Gasteiger charge is -2.72. The Balaban J connectivity index is 1.22. The van der Waals surface area contributed by atoms with Gasteiger partial charge in [-0.15, -0.1) is 0 Å². The van der Waals surface area contributed by atoms with Crippen molar-refractivity contribution in [1.82, 2.24) is 0 Å². The van der Waals surface area contributed by atoms with E-state index in [-0.39, 0.29) is 16.9 Å². The maximum atomic E-state index is 12.1. The van der Waals surface area contributed by atoms with Crippen LogP contribution in [0.4, 0.5) is 0 Å². The van der Waals surface area contributed by atoms with Gasteiger partial charge in [-0.2, -0.15) is 0 Å². The Labute approximate surface area is 249 Å². The van der Waals surface area contributed by atoms with E-state index in [1.807, 2.05) is 12.1 Å². The monoisotopic (exact) mass is 557 g/mol. The van der Waals surface area contributed by atoms with Crippen LogP contribution in [0.2, 0.25) is 0 Å². The summed E-state index contributed by atoms with van der Waals surface area (Å²) in [5.74, 6) is 3.55. The molecule has 0 heterocycles. The van der Waals surface area contributed by atoms with Gasteiger partial charge in [0.25, 0.3) is 0 Å². The van der Waals surface area contributed by atoms with E-state index in [1.165, 1.54) is 88.9 Å². The van der Waals surface area contributed by atoms with Crippen LogP contribution in [0, 0.1) is 56.7 Å². The van der Waals surface area contributed by atoms with Gasteiger partial charge in [-0.05, 0) is 151 Å². The molecule has 5 fully saturated rings. The summed E-state index contributed by atoms with van der Waals surface area (Å²) in [5.41, 5.74) is 12.6. The number of hydrogen-bond donors (Lipinski definition) is 1. The fourth-order valence-electron chi connectivity index (χ4n) is 13.0. The van der Waals surface area contributed by atoms with Gasteiger partial charge in [-0.3, -0.25) is 0 Å². The summed E-state index contributed by atoms with van der Waals surface area (Å²) in [6, 6.07) is 8.15. The Morgan fingerprint density at radius 3 is 2.15 bits per heavy atom. The van der Waals surface area contributed by atoms with Crippen LogP contribution in [0.25, 0.3) is 5.57 Å². The number of ether oxygens (including phenoxy) is 1. The summed E-state index contributed by atoms with van der Waals surface area (Å²) < 4.78 is 4.95. The van der Waals surface area contributed by atoms with Crippen molar-refractivity contribution < 1.29 is 9.53 Å². The SMILES string of the molecule is COC(=O)c1ccc(C2=CCC3(C)C(CCC4(C)C3CCC3C5C(C6(C)CC6)CCC5(N)CCC34C)C2(C)C)cc1. The zero-order chi connectivity index (χ0) is 29.2. The minimum Gasteiger partial charge on any atom is -0.465 e. The molecular formula is C38H55NO2. The lowest BCUT2D eigenvalue weighted by molar-refractivity contribution is -0.219. The van der Waals surface area contributed by atoms with E-state index in [0.717, 1.165) is 23.7 Å². The maximum Gasteiger partial charge on any atom is 0.337 e. The number of fused-ring (bicyclic) bond motifs is 7. The van der Waals surface area contributed by atoms with Gasteiger partial charge in [0.15, 0.2) is 0 Å². The number of esters is 1. The molecule has 1 aromatic rings. The number of hydrogen-bond acceptors (Lipinski definition) is 3. The van der Waals surface area contributed by atoms with Gasteiger partial charge in [0.05, 0.1) is 12.7 Å². The van der Waals surface area contributed by atoms with Crippen LogP contribution in [0.1, 0.15) is 128 Å². The molecule has 9 atom stereocenters. The van der Waals surface area contributed by atoms with E-state index in [0.29, 0.717) is 33.1 Å². The molecule has 6 aliphatic carbocycles. The summed E-state index contributed by atoms with van der Waals surface area (Å²) in [4.78, 5) is 12.1. The second kappa shape index (κ2) is 8.73. The van der Waals surface area contributed by atoms with Gasteiger partial charge in [-0.25, -0.2) is 4.79 Å². The van der Waals surface area contributed by atoms with E-state index in [9.17, 15) is 4.79 Å². The molecule has 1 aromatic carbocycles. The number of nitrogens with two attached hydrogens (primary N) is 1. The zero-order valence-electron chi connectivity index (χ0n) is 26.9. The van der Waals surface area contributed by atoms with Crippen LogP contribution in [0.15, 0.2) is 30.3 Å². The van der Waals surface area contributed by atoms with E-state index in [2.05, 4.69) is 59.8 Å². The Kier molecular flexibility index (Phi) is 6.00. The summed E-state index contributed by atoms with van der Waals surface area (Å²) in [7, 11) is 1.45. The summed E-state index contributed by atoms with van der Waals surface area (Å²) in [6.45, 7) is 15.8. The van der Waals surface area contributed by atoms with Crippen molar-refractivity contribution in [2.45, 2.75) is 118 Å². The fourth-order valence-corrected chi connectivity index (χ4v) is 13.0. The minimum atomic E-state index is -0.263. The molecule has 0 radical (unpaired) electrons. The largest absolute Gasteiger partial charge is 0.465 e. The number of methoxy groups -OCH3 is 1. The molecule has 0 aromatic heterocycles. The molecule has 224 valence electrons. The first-order valence-corrected chi connectivity index (χ1v) is 16.9. The van der Waals surface area contributed by atoms with Gasteiger partial charge >= 0.3 is 5.97 Å². The van der Waals surface area contributed by atoms with Gasteiger partial charge in [0.1, 0.15) is 0 Å². The summed E-state index contributed by atoms with van der Waals surface area (Å²) in [6.07, 6.45) is 17.3. The van der Waals surface area contributed by atoms with Crippen molar-refractivity contribution in [3.63, 3.8) is 0 Å². The molecule has 9 unspecified atom stereocenters. The third kappa shape index (κ3) is 3.63. The Hall–Kier alpha value is -1.61. The number of carbonyl (C=O) groups is 1. The fraction of sp³-hybridized carbons (Fsp3) is 0.763. The standard InChI is InChI=1S/C38H55NO2/c1-33(2)26(24-8-10-25(11-9-24)32(40)41-7)14-17-35(4)29(33)16-18-37(6)30(35)13-12-28-31-27(34(3)20-21-34)15-19-38(31,39)23-22-36(28,37)5/h8-11,14,27-31H,12-13,15-23,39H2,1-7H3. The first-order chi connectivity index (χ1) is 19.2. The molecule has 0 amide bonds. The second-order valence-electron chi connectivity index (χ2n) is 17.3. The van der Waals surface area contributed by atoms with E-state index >= 15 is 0 Å². The van der Waals surface area contributed by atoms with Crippen LogP contribution in [0.3, 0.4) is 0 Å². The van der Waals surface area contributed by atoms with Gasteiger partial charge in [0.2, 0.25) is 0 Å². The predicted molar refractivity (Wildman–Crippen MR) is 167 cm³/mol. The van der Waals surface area contributed by atoms with Crippen LogP contribution in [-0.2, 0) is 4.74 Å². The van der Waals surface area contributed by atoms with Crippen molar-refractivity contribution in [1.29, 1.82) is 0 Å². The van der Waals surface area contributed by atoms with E-state index in [4.69, 9.17) is 10.5 Å². The molecule has 0 aliphatic heterocycles. The predicted octanol–water partition coefficient (Wildman–Crippen LogP) is 9.06. The molecule has 6 aliphatic rings. The Morgan fingerprint density at radius 2 is 1.49 bits per heavy atom. The number of rotatable bonds is 3. The second-order valence-corrected chi connectivity index (χ2v) is 17.3. The van der Waals surface area contributed by atoms with Crippen molar-refractivity contribution in [2.24, 2.45) is 62.4 Å². The van der Waals surface area contributed by atoms with Crippen LogP contribution >= 0.6 is 0 Å². The quantitative estimate of drug-likeness (QED) is 0.377. The molecule has 0 spiro atoms.